The highest BCUT2D eigenvalue weighted by atomic mass is 16.3. The number of hydrogen-bond donors (Lipinski definition) is 2. The molecule has 1 heterocycles. The van der Waals surface area contributed by atoms with E-state index in [-0.39, 0.29) is 18.1 Å². The third kappa shape index (κ3) is 5.04. The standard InChI is InChI=1S/C23H23N3O2/c1-15(2)12-20-23(26-22(28)13-17-6-4-16(3)5-7-17)24-14-21(25-20)18-8-10-19(27)11-9-18/h4-12,14,27H,13H2,1-3H3,(H,24,26,28). The van der Waals surface area contributed by atoms with Gasteiger partial charge in [-0.1, -0.05) is 35.4 Å². The van der Waals surface area contributed by atoms with Crippen molar-refractivity contribution in [1.82, 2.24) is 9.97 Å². The van der Waals surface area contributed by atoms with Crippen LogP contribution in [0.3, 0.4) is 0 Å². The summed E-state index contributed by atoms with van der Waals surface area (Å²) in [6.45, 7) is 5.94. The normalized spacial score (nSPS) is 10.4. The molecule has 1 aromatic heterocycles. The van der Waals surface area contributed by atoms with E-state index in [1.165, 1.54) is 0 Å². The molecule has 0 unspecified atom stereocenters. The van der Waals surface area contributed by atoms with Crippen molar-refractivity contribution in [3.8, 4) is 17.0 Å². The predicted octanol–water partition coefficient (Wildman–Crippen LogP) is 4.76. The van der Waals surface area contributed by atoms with Gasteiger partial charge in [-0.3, -0.25) is 4.79 Å². The maximum absolute atomic E-state index is 12.5. The molecule has 0 aliphatic heterocycles. The van der Waals surface area contributed by atoms with Gasteiger partial charge in [0.05, 0.1) is 18.3 Å². The molecule has 0 spiro atoms. The van der Waals surface area contributed by atoms with Crippen molar-refractivity contribution >= 4 is 17.8 Å². The fraction of sp³-hybridized carbons (Fsp3) is 0.174. The van der Waals surface area contributed by atoms with Gasteiger partial charge in [-0.25, -0.2) is 9.97 Å². The number of hydrogen-bond acceptors (Lipinski definition) is 4. The quantitative estimate of drug-likeness (QED) is 0.676. The molecule has 28 heavy (non-hydrogen) atoms. The fourth-order valence-electron chi connectivity index (χ4n) is 2.71. The zero-order valence-corrected chi connectivity index (χ0v) is 16.2. The highest BCUT2D eigenvalue weighted by Gasteiger charge is 2.11. The summed E-state index contributed by atoms with van der Waals surface area (Å²) in [5.74, 6) is 0.487. The first kappa shape index (κ1) is 19.3. The Morgan fingerprint density at radius 2 is 1.75 bits per heavy atom. The van der Waals surface area contributed by atoms with Crippen LogP contribution in [0.1, 0.15) is 30.7 Å². The van der Waals surface area contributed by atoms with Crippen LogP contribution in [0, 0.1) is 6.92 Å². The van der Waals surface area contributed by atoms with E-state index in [2.05, 4.69) is 15.3 Å². The number of phenols is 1. The molecular weight excluding hydrogens is 350 g/mol. The summed E-state index contributed by atoms with van der Waals surface area (Å²) in [6.07, 6.45) is 3.78. The Morgan fingerprint density at radius 3 is 2.39 bits per heavy atom. The maximum Gasteiger partial charge on any atom is 0.230 e. The lowest BCUT2D eigenvalue weighted by atomic mass is 10.1. The molecule has 0 saturated carbocycles. The van der Waals surface area contributed by atoms with Gasteiger partial charge in [-0.15, -0.1) is 0 Å². The van der Waals surface area contributed by atoms with E-state index < -0.39 is 0 Å². The first-order chi connectivity index (χ1) is 13.4. The number of aromatic hydroxyl groups is 1. The summed E-state index contributed by atoms with van der Waals surface area (Å²) in [4.78, 5) is 21.5. The minimum atomic E-state index is -0.140. The monoisotopic (exact) mass is 373 g/mol. The lowest BCUT2D eigenvalue weighted by Gasteiger charge is -2.10. The minimum Gasteiger partial charge on any atom is -0.508 e. The van der Waals surface area contributed by atoms with Gasteiger partial charge in [0, 0.05) is 5.56 Å². The number of nitrogens with zero attached hydrogens (tertiary/aromatic N) is 2. The number of benzene rings is 2. The molecule has 142 valence electrons. The molecule has 5 nitrogen and oxygen atoms in total. The van der Waals surface area contributed by atoms with Crippen molar-refractivity contribution < 1.29 is 9.90 Å². The highest BCUT2D eigenvalue weighted by Crippen LogP contribution is 2.23. The van der Waals surface area contributed by atoms with Gasteiger partial charge in [0.15, 0.2) is 5.82 Å². The molecule has 0 atom stereocenters. The van der Waals surface area contributed by atoms with Crippen molar-refractivity contribution in [2.24, 2.45) is 0 Å². The van der Waals surface area contributed by atoms with Crippen LogP contribution in [0.4, 0.5) is 5.82 Å². The van der Waals surface area contributed by atoms with E-state index in [0.29, 0.717) is 17.2 Å². The molecule has 2 aromatic carbocycles. The van der Waals surface area contributed by atoms with Crippen molar-refractivity contribution in [1.29, 1.82) is 0 Å². The smallest absolute Gasteiger partial charge is 0.230 e. The van der Waals surface area contributed by atoms with Crippen LogP contribution >= 0.6 is 0 Å². The Morgan fingerprint density at radius 1 is 1.07 bits per heavy atom. The number of amides is 1. The number of phenolic OH excluding ortho intramolecular Hbond substituents is 1. The van der Waals surface area contributed by atoms with Crippen LogP contribution < -0.4 is 5.32 Å². The molecule has 1 amide bonds. The second-order valence-corrected chi connectivity index (χ2v) is 6.97. The largest absolute Gasteiger partial charge is 0.508 e. The SMILES string of the molecule is CC(C)=Cc1nc(-c2ccc(O)cc2)cnc1NC(=O)Cc1ccc(C)cc1. The second kappa shape index (κ2) is 8.48. The van der Waals surface area contributed by atoms with Crippen molar-refractivity contribution in [2.75, 3.05) is 5.32 Å². The number of anilines is 1. The van der Waals surface area contributed by atoms with E-state index in [1.54, 1.807) is 30.5 Å². The van der Waals surface area contributed by atoms with Crippen molar-refractivity contribution in [3.05, 3.63) is 77.1 Å². The number of rotatable bonds is 5. The van der Waals surface area contributed by atoms with Gasteiger partial charge in [0.1, 0.15) is 11.4 Å². The van der Waals surface area contributed by atoms with Gasteiger partial charge in [0.2, 0.25) is 5.91 Å². The Balaban J connectivity index is 1.85. The van der Waals surface area contributed by atoms with Crippen LogP contribution in [0.2, 0.25) is 0 Å². The van der Waals surface area contributed by atoms with Crippen LogP contribution in [0.25, 0.3) is 17.3 Å². The van der Waals surface area contributed by atoms with E-state index in [4.69, 9.17) is 0 Å². The molecular formula is C23H23N3O2. The molecule has 0 aliphatic rings. The summed E-state index contributed by atoms with van der Waals surface area (Å²) < 4.78 is 0. The summed E-state index contributed by atoms with van der Waals surface area (Å²) >= 11 is 0. The lowest BCUT2D eigenvalue weighted by molar-refractivity contribution is -0.115. The Labute approximate surface area is 164 Å². The van der Waals surface area contributed by atoms with Crippen LogP contribution in [-0.2, 0) is 11.2 Å². The molecule has 0 fully saturated rings. The number of allylic oxidation sites excluding steroid dienone is 1. The van der Waals surface area contributed by atoms with Gasteiger partial charge in [0.25, 0.3) is 0 Å². The van der Waals surface area contributed by atoms with Crippen LogP contribution in [0.15, 0.2) is 60.3 Å². The van der Waals surface area contributed by atoms with Crippen molar-refractivity contribution in [2.45, 2.75) is 27.2 Å². The van der Waals surface area contributed by atoms with Gasteiger partial charge in [-0.05, 0) is 56.7 Å². The molecule has 5 heteroatoms. The van der Waals surface area contributed by atoms with Gasteiger partial charge >= 0.3 is 0 Å². The van der Waals surface area contributed by atoms with Gasteiger partial charge in [-0.2, -0.15) is 0 Å². The summed E-state index contributed by atoms with van der Waals surface area (Å²) in [6, 6.07) is 14.6. The zero-order chi connectivity index (χ0) is 20.1. The predicted molar refractivity (Wildman–Crippen MR) is 112 cm³/mol. The molecule has 3 rings (SSSR count). The third-order valence-electron chi connectivity index (χ3n) is 4.13. The average molecular weight is 373 g/mol. The Bertz CT molecular complexity index is 1000. The zero-order valence-electron chi connectivity index (χ0n) is 16.2. The molecule has 0 radical (unpaired) electrons. The number of nitrogens with one attached hydrogen (secondary N) is 1. The molecule has 0 saturated heterocycles. The van der Waals surface area contributed by atoms with Crippen LogP contribution in [0.5, 0.6) is 5.75 Å². The number of aromatic nitrogens is 2. The van der Waals surface area contributed by atoms with E-state index in [1.807, 2.05) is 51.1 Å². The minimum absolute atomic E-state index is 0.140. The number of aryl methyl sites for hydroxylation is 1. The fourth-order valence-corrected chi connectivity index (χ4v) is 2.71. The molecule has 2 N–H and O–H groups in total. The average Bonchev–Trinajstić information content (AvgIpc) is 2.65. The topological polar surface area (TPSA) is 75.1 Å². The summed E-state index contributed by atoms with van der Waals surface area (Å²) in [7, 11) is 0. The summed E-state index contributed by atoms with van der Waals surface area (Å²) in [5, 5.41) is 12.3. The van der Waals surface area contributed by atoms with E-state index in [9.17, 15) is 9.90 Å². The molecule has 0 aliphatic carbocycles. The van der Waals surface area contributed by atoms with Crippen LogP contribution in [-0.4, -0.2) is 21.0 Å². The van der Waals surface area contributed by atoms with E-state index in [0.717, 1.165) is 22.3 Å². The highest BCUT2D eigenvalue weighted by molar-refractivity contribution is 5.93. The summed E-state index contributed by atoms with van der Waals surface area (Å²) in [5.41, 5.74) is 5.26. The number of carbonyl (C=O) groups is 1. The second-order valence-electron chi connectivity index (χ2n) is 6.97. The number of carbonyl (C=O) groups excluding carboxylic acids is 1. The third-order valence-corrected chi connectivity index (χ3v) is 4.13. The first-order valence-corrected chi connectivity index (χ1v) is 9.07. The van der Waals surface area contributed by atoms with E-state index >= 15 is 0 Å². The first-order valence-electron chi connectivity index (χ1n) is 9.07. The molecule has 3 aromatic rings. The maximum atomic E-state index is 12.5. The lowest BCUT2D eigenvalue weighted by Crippen LogP contribution is -2.16. The Kier molecular flexibility index (Phi) is 5.84. The van der Waals surface area contributed by atoms with Crippen molar-refractivity contribution in [3.63, 3.8) is 0 Å². The Hall–Kier alpha value is -3.47. The molecule has 0 bridgehead atoms. The van der Waals surface area contributed by atoms with Gasteiger partial charge < -0.3 is 10.4 Å².